The number of carbonyl (C=O) groups is 1. The summed E-state index contributed by atoms with van der Waals surface area (Å²) in [6.45, 7) is 4.21. The van der Waals surface area contributed by atoms with Crippen molar-refractivity contribution in [2.24, 2.45) is 5.92 Å². The molecule has 2 unspecified atom stereocenters. The molecule has 1 aliphatic heterocycles. The normalized spacial score (nSPS) is 24.3. The van der Waals surface area contributed by atoms with Crippen LogP contribution in [0.5, 0.6) is 0 Å². The molecule has 1 saturated carbocycles. The molecule has 132 valence electrons. The van der Waals surface area contributed by atoms with Crippen LogP contribution in [0.3, 0.4) is 0 Å². The molecule has 1 aliphatic carbocycles. The Morgan fingerprint density at radius 3 is 2.38 bits per heavy atom. The van der Waals surface area contributed by atoms with Crippen LogP contribution in [0.25, 0.3) is 0 Å². The van der Waals surface area contributed by atoms with Crippen molar-refractivity contribution in [3.8, 4) is 0 Å². The van der Waals surface area contributed by atoms with Crippen LogP contribution in [0.4, 0.5) is 5.69 Å². The summed E-state index contributed by atoms with van der Waals surface area (Å²) in [6.07, 6.45) is 2.52. The molecule has 0 bridgehead atoms. The van der Waals surface area contributed by atoms with Crippen LogP contribution in [-0.2, 0) is 14.8 Å². The number of sulfonamides is 1. The van der Waals surface area contributed by atoms with Crippen molar-refractivity contribution in [2.75, 3.05) is 5.32 Å². The van der Waals surface area contributed by atoms with Crippen molar-refractivity contribution < 1.29 is 13.2 Å². The van der Waals surface area contributed by atoms with Gasteiger partial charge in [-0.2, -0.15) is 0 Å². The first-order valence-electron chi connectivity index (χ1n) is 8.29. The summed E-state index contributed by atoms with van der Waals surface area (Å²) in [5.41, 5.74) is 6.72. The SMILES string of the molecule is CC(C)C1CC(C(=O)Nc2ccc(S(=O)(=O)NC3CC3)cc2)NN1. The predicted molar refractivity (Wildman–Crippen MR) is 91.7 cm³/mol. The molecule has 1 heterocycles. The number of hydrogen-bond donors (Lipinski definition) is 4. The third-order valence-electron chi connectivity index (χ3n) is 4.39. The maximum Gasteiger partial charge on any atom is 0.242 e. The van der Waals surface area contributed by atoms with Crippen LogP contribution in [0.1, 0.15) is 33.1 Å². The first kappa shape index (κ1) is 17.3. The Balaban J connectivity index is 1.59. The highest BCUT2D eigenvalue weighted by Gasteiger charge is 2.31. The lowest BCUT2D eigenvalue weighted by atomic mass is 9.99. The standard InChI is InChI=1S/C16H24N4O3S/c1-10(2)14-9-15(19-18-14)16(21)17-11-5-7-13(8-6-11)24(22,23)20-12-3-4-12/h5-8,10,12,14-15,18-20H,3-4,9H2,1-2H3,(H,17,21). The molecule has 2 atom stereocenters. The van der Waals surface area contributed by atoms with E-state index in [0.717, 1.165) is 19.3 Å². The average molecular weight is 352 g/mol. The van der Waals surface area contributed by atoms with Gasteiger partial charge in [-0.15, -0.1) is 0 Å². The number of rotatable bonds is 6. The van der Waals surface area contributed by atoms with Crippen LogP contribution in [0, 0.1) is 5.92 Å². The summed E-state index contributed by atoms with van der Waals surface area (Å²) >= 11 is 0. The van der Waals surface area contributed by atoms with E-state index in [1.54, 1.807) is 12.1 Å². The molecule has 0 aromatic heterocycles. The second-order valence-corrected chi connectivity index (χ2v) is 8.55. The van der Waals surface area contributed by atoms with Gasteiger partial charge < -0.3 is 5.32 Å². The average Bonchev–Trinajstić information content (AvgIpc) is 3.17. The molecule has 4 N–H and O–H groups in total. The minimum Gasteiger partial charge on any atom is -0.325 e. The van der Waals surface area contributed by atoms with Gasteiger partial charge in [-0.3, -0.25) is 10.2 Å². The molecule has 3 rings (SSSR count). The molecular formula is C16H24N4O3S. The van der Waals surface area contributed by atoms with E-state index in [0.29, 0.717) is 11.6 Å². The Kier molecular flexibility index (Phi) is 4.91. The van der Waals surface area contributed by atoms with Crippen molar-refractivity contribution in [2.45, 2.75) is 56.1 Å². The predicted octanol–water partition coefficient (Wildman–Crippen LogP) is 0.957. The van der Waals surface area contributed by atoms with Crippen LogP contribution < -0.4 is 20.9 Å². The monoisotopic (exact) mass is 352 g/mol. The lowest BCUT2D eigenvalue weighted by molar-refractivity contribution is -0.117. The highest BCUT2D eigenvalue weighted by atomic mass is 32.2. The van der Waals surface area contributed by atoms with Gasteiger partial charge in [-0.1, -0.05) is 13.8 Å². The number of amides is 1. The maximum absolute atomic E-state index is 12.3. The Morgan fingerprint density at radius 2 is 1.83 bits per heavy atom. The van der Waals surface area contributed by atoms with Crippen molar-refractivity contribution in [3.05, 3.63) is 24.3 Å². The number of nitrogens with one attached hydrogen (secondary N) is 4. The molecule has 1 aromatic rings. The van der Waals surface area contributed by atoms with Gasteiger partial charge in [0.05, 0.1) is 4.90 Å². The molecule has 0 radical (unpaired) electrons. The lowest BCUT2D eigenvalue weighted by Crippen LogP contribution is -2.40. The van der Waals surface area contributed by atoms with E-state index in [4.69, 9.17) is 0 Å². The van der Waals surface area contributed by atoms with E-state index < -0.39 is 10.0 Å². The van der Waals surface area contributed by atoms with Gasteiger partial charge in [0.2, 0.25) is 15.9 Å². The smallest absolute Gasteiger partial charge is 0.242 e. The van der Waals surface area contributed by atoms with Gasteiger partial charge in [0.15, 0.2) is 0 Å². The second-order valence-electron chi connectivity index (χ2n) is 6.84. The molecule has 8 heteroatoms. The molecule has 1 aromatic carbocycles. The van der Waals surface area contributed by atoms with E-state index in [2.05, 4.69) is 34.7 Å². The zero-order valence-corrected chi connectivity index (χ0v) is 14.7. The summed E-state index contributed by atoms with van der Waals surface area (Å²) in [6, 6.07) is 6.29. The van der Waals surface area contributed by atoms with Crippen molar-refractivity contribution in [3.63, 3.8) is 0 Å². The van der Waals surface area contributed by atoms with Gasteiger partial charge in [-0.05, 0) is 49.4 Å². The lowest BCUT2D eigenvalue weighted by Gasteiger charge is -2.13. The van der Waals surface area contributed by atoms with Gasteiger partial charge >= 0.3 is 0 Å². The Morgan fingerprint density at radius 1 is 1.17 bits per heavy atom. The van der Waals surface area contributed by atoms with Gasteiger partial charge in [-0.25, -0.2) is 18.6 Å². The van der Waals surface area contributed by atoms with E-state index in [9.17, 15) is 13.2 Å². The Hall–Kier alpha value is -1.48. The van der Waals surface area contributed by atoms with Crippen LogP contribution in [0.15, 0.2) is 29.2 Å². The first-order valence-corrected chi connectivity index (χ1v) is 9.78. The first-order chi connectivity index (χ1) is 11.3. The fraction of sp³-hybridized carbons (Fsp3) is 0.562. The maximum atomic E-state index is 12.3. The van der Waals surface area contributed by atoms with E-state index >= 15 is 0 Å². The van der Waals surface area contributed by atoms with Gasteiger partial charge in [0.25, 0.3) is 0 Å². The van der Waals surface area contributed by atoms with Gasteiger partial charge in [0, 0.05) is 17.8 Å². The molecule has 2 fully saturated rings. The van der Waals surface area contributed by atoms with Crippen LogP contribution in [-0.4, -0.2) is 32.5 Å². The summed E-state index contributed by atoms with van der Waals surface area (Å²) < 4.78 is 26.9. The largest absolute Gasteiger partial charge is 0.325 e. The third-order valence-corrected chi connectivity index (χ3v) is 5.92. The summed E-state index contributed by atoms with van der Waals surface area (Å²) in [4.78, 5) is 12.5. The quantitative estimate of drug-likeness (QED) is 0.611. The summed E-state index contributed by atoms with van der Waals surface area (Å²) in [5, 5.41) is 2.82. The Bertz CT molecular complexity index is 699. The zero-order valence-electron chi connectivity index (χ0n) is 13.9. The van der Waals surface area contributed by atoms with Crippen molar-refractivity contribution >= 4 is 21.6 Å². The van der Waals surface area contributed by atoms with Gasteiger partial charge in [0.1, 0.15) is 6.04 Å². The summed E-state index contributed by atoms with van der Waals surface area (Å²) in [7, 11) is -3.46. The molecule has 2 aliphatic rings. The molecule has 0 spiro atoms. The Labute approximate surface area is 142 Å². The minimum atomic E-state index is -3.46. The fourth-order valence-corrected chi connectivity index (χ4v) is 3.93. The molecule has 24 heavy (non-hydrogen) atoms. The number of hydrogen-bond acceptors (Lipinski definition) is 5. The molecule has 1 saturated heterocycles. The molecule has 1 amide bonds. The highest BCUT2D eigenvalue weighted by molar-refractivity contribution is 7.89. The van der Waals surface area contributed by atoms with Crippen LogP contribution >= 0.6 is 0 Å². The molecule has 7 nitrogen and oxygen atoms in total. The van der Waals surface area contributed by atoms with Crippen molar-refractivity contribution in [1.82, 2.24) is 15.6 Å². The number of anilines is 1. The van der Waals surface area contributed by atoms with Crippen LogP contribution in [0.2, 0.25) is 0 Å². The zero-order chi connectivity index (χ0) is 17.3. The second kappa shape index (κ2) is 6.79. The highest BCUT2D eigenvalue weighted by Crippen LogP contribution is 2.23. The van der Waals surface area contributed by atoms with E-state index in [1.807, 2.05) is 0 Å². The van der Waals surface area contributed by atoms with E-state index in [-0.39, 0.29) is 28.9 Å². The summed E-state index contributed by atoms with van der Waals surface area (Å²) in [5.74, 6) is 0.316. The fourth-order valence-electron chi connectivity index (χ4n) is 2.63. The number of benzene rings is 1. The topological polar surface area (TPSA) is 99.3 Å². The third kappa shape index (κ3) is 4.13. The minimum absolute atomic E-state index is 0.0734. The van der Waals surface area contributed by atoms with Crippen molar-refractivity contribution in [1.29, 1.82) is 0 Å². The number of hydrazine groups is 1. The number of carbonyl (C=O) groups excluding carboxylic acids is 1. The molecular weight excluding hydrogens is 328 g/mol. The van der Waals surface area contributed by atoms with E-state index in [1.165, 1.54) is 12.1 Å².